The Bertz CT molecular complexity index is 292. The zero-order valence-electron chi connectivity index (χ0n) is 10.7. The van der Waals surface area contributed by atoms with Crippen molar-refractivity contribution in [2.75, 3.05) is 20.1 Å². The highest BCUT2D eigenvalue weighted by atomic mass is 16.2. The van der Waals surface area contributed by atoms with Crippen LogP contribution in [-0.4, -0.2) is 48.7 Å². The fourth-order valence-electron chi connectivity index (χ4n) is 1.29. The molecule has 1 atom stereocenters. The maximum atomic E-state index is 11.5. The molecule has 0 aromatic carbocycles. The smallest absolute Gasteiger partial charge is 0.240 e. The highest BCUT2D eigenvalue weighted by Crippen LogP contribution is 1.92. The predicted molar refractivity (Wildman–Crippen MR) is 64.2 cm³/mol. The van der Waals surface area contributed by atoms with E-state index in [1.165, 1.54) is 11.9 Å². The molecule has 6 heteroatoms. The Labute approximate surface area is 102 Å². The summed E-state index contributed by atoms with van der Waals surface area (Å²) in [5, 5.41) is 2.54. The molecular formula is C11H21N3O3. The van der Waals surface area contributed by atoms with Gasteiger partial charge in [0.2, 0.25) is 11.8 Å². The van der Waals surface area contributed by atoms with Crippen LogP contribution >= 0.6 is 0 Å². The van der Waals surface area contributed by atoms with E-state index in [1.54, 1.807) is 13.8 Å². The summed E-state index contributed by atoms with van der Waals surface area (Å²) < 4.78 is 0. The van der Waals surface area contributed by atoms with Gasteiger partial charge in [-0.15, -0.1) is 0 Å². The number of carbonyl (C=O) groups excluding carboxylic acids is 3. The van der Waals surface area contributed by atoms with E-state index in [9.17, 15) is 14.4 Å². The monoisotopic (exact) mass is 243 g/mol. The van der Waals surface area contributed by atoms with E-state index >= 15 is 0 Å². The molecule has 0 aliphatic rings. The molecule has 17 heavy (non-hydrogen) atoms. The number of rotatable bonds is 7. The molecule has 2 amide bonds. The van der Waals surface area contributed by atoms with E-state index in [4.69, 9.17) is 5.73 Å². The van der Waals surface area contributed by atoms with Crippen LogP contribution in [0.5, 0.6) is 0 Å². The molecule has 0 spiro atoms. The molecule has 0 aliphatic heterocycles. The molecule has 0 fully saturated rings. The van der Waals surface area contributed by atoms with Gasteiger partial charge in [-0.3, -0.25) is 14.4 Å². The number of nitrogens with two attached hydrogens (primary N) is 1. The molecule has 0 aliphatic carbocycles. The fraction of sp³-hybridized carbons (Fsp3) is 0.727. The quantitative estimate of drug-likeness (QED) is 0.617. The van der Waals surface area contributed by atoms with E-state index in [0.717, 1.165) is 0 Å². The first-order chi connectivity index (χ1) is 7.92. The molecule has 0 bridgehead atoms. The topological polar surface area (TPSA) is 92.5 Å². The van der Waals surface area contributed by atoms with Crippen molar-refractivity contribution in [3.05, 3.63) is 0 Å². The molecule has 0 aromatic rings. The van der Waals surface area contributed by atoms with Crippen molar-refractivity contribution in [3.8, 4) is 0 Å². The van der Waals surface area contributed by atoms with Crippen LogP contribution in [0.3, 0.4) is 0 Å². The van der Waals surface area contributed by atoms with Crippen molar-refractivity contribution in [1.29, 1.82) is 0 Å². The highest BCUT2D eigenvalue weighted by Gasteiger charge is 2.16. The molecule has 0 saturated heterocycles. The van der Waals surface area contributed by atoms with Crippen molar-refractivity contribution < 1.29 is 14.4 Å². The van der Waals surface area contributed by atoms with Crippen molar-refractivity contribution in [2.24, 2.45) is 5.73 Å². The van der Waals surface area contributed by atoms with Crippen LogP contribution in [0, 0.1) is 0 Å². The van der Waals surface area contributed by atoms with Gasteiger partial charge in [-0.05, 0) is 6.92 Å². The van der Waals surface area contributed by atoms with E-state index in [1.807, 2.05) is 0 Å². The predicted octanol–water partition coefficient (Wildman–Crippen LogP) is -0.723. The molecule has 3 N–H and O–H groups in total. The molecule has 0 rings (SSSR count). The molecule has 0 unspecified atom stereocenters. The average molecular weight is 243 g/mol. The summed E-state index contributed by atoms with van der Waals surface area (Å²) in [6.45, 7) is 3.57. The largest absolute Gasteiger partial charge is 0.345 e. The van der Waals surface area contributed by atoms with Gasteiger partial charge in [-0.1, -0.05) is 6.92 Å². The maximum absolute atomic E-state index is 11.5. The Balaban J connectivity index is 4.09. The summed E-state index contributed by atoms with van der Waals surface area (Å²) in [4.78, 5) is 35.4. The highest BCUT2D eigenvalue weighted by molar-refractivity contribution is 5.90. The third-order valence-electron chi connectivity index (χ3n) is 2.37. The minimum absolute atomic E-state index is 0.0331. The van der Waals surface area contributed by atoms with Gasteiger partial charge >= 0.3 is 0 Å². The van der Waals surface area contributed by atoms with Crippen LogP contribution in [0.2, 0.25) is 0 Å². The van der Waals surface area contributed by atoms with Crippen LogP contribution in [0.15, 0.2) is 0 Å². The minimum Gasteiger partial charge on any atom is -0.345 e. The number of ketones is 1. The Morgan fingerprint density at radius 2 is 1.94 bits per heavy atom. The van der Waals surface area contributed by atoms with Gasteiger partial charge in [0, 0.05) is 26.4 Å². The van der Waals surface area contributed by atoms with Gasteiger partial charge in [-0.2, -0.15) is 0 Å². The Morgan fingerprint density at radius 1 is 1.35 bits per heavy atom. The summed E-state index contributed by atoms with van der Waals surface area (Å²) in [7, 11) is 1.53. The molecule has 98 valence electrons. The number of hydrogen-bond acceptors (Lipinski definition) is 4. The second-order valence-corrected chi connectivity index (χ2v) is 3.90. The maximum Gasteiger partial charge on any atom is 0.240 e. The van der Waals surface area contributed by atoms with Crippen molar-refractivity contribution in [2.45, 2.75) is 32.7 Å². The average Bonchev–Trinajstić information content (AvgIpc) is 2.27. The second-order valence-electron chi connectivity index (χ2n) is 3.90. The SMILES string of the molecule is CCC(=O)[C@H](C)NC(=O)CN(C)C(=O)CCN. The van der Waals surface area contributed by atoms with Gasteiger partial charge in [0.25, 0.3) is 0 Å². The number of nitrogens with zero attached hydrogens (tertiary/aromatic N) is 1. The first kappa shape index (κ1) is 15.6. The van der Waals surface area contributed by atoms with Crippen molar-refractivity contribution in [3.63, 3.8) is 0 Å². The summed E-state index contributed by atoms with van der Waals surface area (Å²) in [5.74, 6) is -0.557. The van der Waals surface area contributed by atoms with Gasteiger partial charge in [0.1, 0.15) is 0 Å². The van der Waals surface area contributed by atoms with E-state index < -0.39 is 6.04 Å². The zero-order valence-corrected chi connectivity index (χ0v) is 10.7. The van der Waals surface area contributed by atoms with Gasteiger partial charge < -0.3 is 16.0 Å². The standard InChI is InChI=1S/C11H21N3O3/c1-4-9(15)8(2)13-10(16)7-14(3)11(17)5-6-12/h8H,4-7,12H2,1-3H3,(H,13,16)/t8-/m0/s1. The lowest BCUT2D eigenvalue weighted by atomic mass is 10.2. The lowest BCUT2D eigenvalue weighted by molar-refractivity contribution is -0.135. The Kier molecular flexibility index (Phi) is 7.13. The van der Waals surface area contributed by atoms with Crippen LogP contribution in [0.4, 0.5) is 0 Å². The number of amides is 2. The second kappa shape index (κ2) is 7.78. The first-order valence-corrected chi connectivity index (χ1v) is 5.68. The summed E-state index contributed by atoms with van der Waals surface area (Å²) in [6.07, 6.45) is 0.594. The van der Waals surface area contributed by atoms with Crippen LogP contribution < -0.4 is 11.1 Å². The normalized spacial score (nSPS) is 11.8. The number of hydrogen-bond donors (Lipinski definition) is 2. The summed E-state index contributed by atoms with van der Waals surface area (Å²) >= 11 is 0. The molecule has 0 heterocycles. The zero-order chi connectivity index (χ0) is 13.4. The fourth-order valence-corrected chi connectivity index (χ4v) is 1.29. The molecule has 6 nitrogen and oxygen atoms in total. The molecule has 0 saturated carbocycles. The van der Waals surface area contributed by atoms with E-state index in [2.05, 4.69) is 5.32 Å². The van der Waals surface area contributed by atoms with Crippen LogP contribution in [0.1, 0.15) is 26.7 Å². The van der Waals surface area contributed by atoms with Gasteiger partial charge in [-0.25, -0.2) is 0 Å². The van der Waals surface area contributed by atoms with Crippen LogP contribution in [-0.2, 0) is 14.4 Å². The lowest BCUT2D eigenvalue weighted by Gasteiger charge is -2.18. The minimum atomic E-state index is -0.509. The number of nitrogens with one attached hydrogen (secondary N) is 1. The Morgan fingerprint density at radius 3 is 2.41 bits per heavy atom. The van der Waals surface area contributed by atoms with E-state index in [-0.39, 0.29) is 37.1 Å². The first-order valence-electron chi connectivity index (χ1n) is 5.68. The lowest BCUT2D eigenvalue weighted by Crippen LogP contribution is -2.44. The van der Waals surface area contributed by atoms with Crippen molar-refractivity contribution >= 4 is 17.6 Å². The number of likely N-dealkylation sites (N-methyl/N-ethyl adjacent to an activating group) is 1. The van der Waals surface area contributed by atoms with Gasteiger partial charge in [0.05, 0.1) is 12.6 Å². The van der Waals surface area contributed by atoms with Crippen LogP contribution in [0.25, 0.3) is 0 Å². The third kappa shape index (κ3) is 6.01. The summed E-state index contributed by atoms with van der Waals surface area (Å²) in [6, 6.07) is -0.509. The third-order valence-corrected chi connectivity index (χ3v) is 2.37. The summed E-state index contributed by atoms with van der Waals surface area (Å²) in [5.41, 5.74) is 5.24. The molecular weight excluding hydrogens is 222 g/mol. The molecule has 0 radical (unpaired) electrons. The van der Waals surface area contributed by atoms with E-state index in [0.29, 0.717) is 6.42 Å². The van der Waals surface area contributed by atoms with Gasteiger partial charge in [0.15, 0.2) is 5.78 Å². The molecule has 0 aromatic heterocycles. The number of carbonyl (C=O) groups is 3. The Hall–Kier alpha value is -1.43. The van der Waals surface area contributed by atoms with Crippen molar-refractivity contribution in [1.82, 2.24) is 10.2 Å². The number of Topliss-reactive ketones (excluding diaryl/α,β-unsaturated/α-hetero) is 1.